The van der Waals surface area contributed by atoms with Crippen LogP contribution in [0.4, 0.5) is 0 Å². The summed E-state index contributed by atoms with van der Waals surface area (Å²) in [5, 5.41) is 5.38. The Morgan fingerprint density at radius 2 is 0.891 bits per heavy atom. The van der Waals surface area contributed by atoms with E-state index in [4.69, 9.17) is 19.9 Å². The molecule has 214 valence electrons. The Bertz CT molecular complexity index is 2580. The lowest BCUT2D eigenvalue weighted by atomic mass is 9.96. The molecule has 0 bridgehead atoms. The standard InChI is InChI=1S/C42H26N4/c1-3-11-27(12-4-1)36-23-21-29-19-20-30-22-24-38(44-41(30)40(29)43-36)34-25-31-15-7-8-16-32(31)26-35(34)42-45-37-18-10-9-17-33(37)39(46-42)28-13-5-2-6-14-28/h1-26H. The molecule has 0 fully saturated rings. The van der Waals surface area contributed by atoms with Crippen molar-refractivity contribution in [3.63, 3.8) is 0 Å². The zero-order valence-corrected chi connectivity index (χ0v) is 24.8. The molecule has 6 aromatic carbocycles. The van der Waals surface area contributed by atoms with Gasteiger partial charge in [-0.3, -0.25) is 0 Å². The van der Waals surface area contributed by atoms with Crippen LogP contribution in [0.5, 0.6) is 0 Å². The molecule has 9 rings (SSSR count). The molecule has 4 heteroatoms. The van der Waals surface area contributed by atoms with Crippen LogP contribution in [-0.4, -0.2) is 19.9 Å². The Hall–Kier alpha value is -6.26. The number of aromatic nitrogens is 4. The van der Waals surface area contributed by atoms with Crippen molar-refractivity contribution in [1.29, 1.82) is 0 Å². The minimum Gasteiger partial charge on any atom is -0.245 e. The minimum absolute atomic E-state index is 0.669. The fraction of sp³-hybridized carbons (Fsp3) is 0. The van der Waals surface area contributed by atoms with Crippen molar-refractivity contribution in [2.45, 2.75) is 0 Å². The fourth-order valence-electron chi connectivity index (χ4n) is 6.34. The van der Waals surface area contributed by atoms with E-state index in [2.05, 4.69) is 109 Å². The third-order valence-electron chi connectivity index (χ3n) is 8.64. The zero-order valence-electron chi connectivity index (χ0n) is 24.8. The molecule has 0 aliphatic rings. The quantitative estimate of drug-likeness (QED) is 0.193. The molecule has 0 amide bonds. The molecule has 0 spiro atoms. The summed E-state index contributed by atoms with van der Waals surface area (Å²) in [6.45, 7) is 0. The van der Waals surface area contributed by atoms with E-state index in [0.29, 0.717) is 5.82 Å². The molecule has 0 aliphatic carbocycles. The van der Waals surface area contributed by atoms with Crippen LogP contribution in [-0.2, 0) is 0 Å². The third kappa shape index (κ3) is 4.47. The van der Waals surface area contributed by atoms with Gasteiger partial charge in [0.25, 0.3) is 0 Å². The molecular formula is C42H26N4. The van der Waals surface area contributed by atoms with Crippen molar-refractivity contribution in [3.8, 4) is 45.2 Å². The Balaban J connectivity index is 1.30. The van der Waals surface area contributed by atoms with Crippen LogP contribution in [0.25, 0.3) is 88.6 Å². The van der Waals surface area contributed by atoms with E-state index in [9.17, 15) is 0 Å². The van der Waals surface area contributed by atoms with Crippen LogP contribution >= 0.6 is 0 Å². The van der Waals surface area contributed by atoms with Gasteiger partial charge in [0.1, 0.15) is 0 Å². The summed E-state index contributed by atoms with van der Waals surface area (Å²) in [5.74, 6) is 0.669. The van der Waals surface area contributed by atoms with Crippen molar-refractivity contribution in [2.24, 2.45) is 0 Å². The topological polar surface area (TPSA) is 51.6 Å². The van der Waals surface area contributed by atoms with Gasteiger partial charge in [-0.05, 0) is 41.1 Å². The Labute approximate surface area is 265 Å². The number of rotatable bonds is 4. The van der Waals surface area contributed by atoms with Gasteiger partial charge in [0, 0.05) is 38.4 Å². The third-order valence-corrected chi connectivity index (χ3v) is 8.64. The summed E-state index contributed by atoms with van der Waals surface area (Å²) < 4.78 is 0. The van der Waals surface area contributed by atoms with E-state index in [1.807, 2.05) is 48.5 Å². The molecule has 0 aliphatic heterocycles. The average Bonchev–Trinajstić information content (AvgIpc) is 3.14. The fourth-order valence-corrected chi connectivity index (χ4v) is 6.34. The van der Waals surface area contributed by atoms with E-state index in [1.54, 1.807) is 0 Å². The van der Waals surface area contributed by atoms with E-state index in [0.717, 1.165) is 82.8 Å². The minimum atomic E-state index is 0.669. The molecule has 4 nitrogen and oxygen atoms in total. The number of para-hydroxylation sites is 1. The summed E-state index contributed by atoms with van der Waals surface area (Å²) in [6, 6.07) is 54.4. The van der Waals surface area contributed by atoms with Gasteiger partial charge in [-0.2, -0.15) is 0 Å². The maximum Gasteiger partial charge on any atom is 0.161 e. The molecule has 0 saturated heterocycles. The SMILES string of the molecule is c1ccc(-c2ccc3ccc4ccc(-c5cc6ccccc6cc5-c5nc(-c6ccccc6)c6ccccc6n5)nc4c3n2)cc1. The van der Waals surface area contributed by atoms with Gasteiger partial charge in [-0.1, -0.05) is 127 Å². The van der Waals surface area contributed by atoms with Gasteiger partial charge >= 0.3 is 0 Å². The smallest absolute Gasteiger partial charge is 0.161 e. The highest BCUT2D eigenvalue weighted by atomic mass is 14.9. The lowest BCUT2D eigenvalue weighted by Crippen LogP contribution is -1.98. The number of pyridine rings is 2. The number of hydrogen-bond donors (Lipinski definition) is 0. The van der Waals surface area contributed by atoms with E-state index >= 15 is 0 Å². The lowest BCUT2D eigenvalue weighted by Gasteiger charge is -2.14. The van der Waals surface area contributed by atoms with Crippen molar-refractivity contribution in [2.75, 3.05) is 0 Å². The summed E-state index contributed by atoms with van der Waals surface area (Å²) >= 11 is 0. The second kappa shape index (κ2) is 10.7. The summed E-state index contributed by atoms with van der Waals surface area (Å²) in [4.78, 5) is 20.8. The molecular weight excluding hydrogens is 560 g/mol. The van der Waals surface area contributed by atoms with Crippen molar-refractivity contribution in [1.82, 2.24) is 19.9 Å². The summed E-state index contributed by atoms with van der Waals surface area (Å²) in [6.07, 6.45) is 0. The van der Waals surface area contributed by atoms with Gasteiger partial charge < -0.3 is 0 Å². The Morgan fingerprint density at radius 3 is 1.61 bits per heavy atom. The van der Waals surface area contributed by atoms with E-state index in [1.165, 1.54) is 0 Å². The average molecular weight is 587 g/mol. The second-order valence-corrected chi connectivity index (χ2v) is 11.5. The first kappa shape index (κ1) is 26.2. The number of benzene rings is 6. The summed E-state index contributed by atoms with van der Waals surface area (Å²) in [7, 11) is 0. The van der Waals surface area contributed by atoms with Crippen LogP contribution in [0.3, 0.4) is 0 Å². The molecule has 46 heavy (non-hydrogen) atoms. The molecule has 0 atom stereocenters. The highest BCUT2D eigenvalue weighted by Gasteiger charge is 2.18. The normalized spacial score (nSPS) is 11.5. The molecule has 9 aromatic rings. The van der Waals surface area contributed by atoms with Crippen molar-refractivity contribution >= 4 is 43.5 Å². The number of fused-ring (bicyclic) bond motifs is 5. The van der Waals surface area contributed by atoms with Crippen LogP contribution in [0.2, 0.25) is 0 Å². The molecule has 3 aromatic heterocycles. The van der Waals surface area contributed by atoms with Crippen LogP contribution in [0.15, 0.2) is 158 Å². The maximum absolute atomic E-state index is 5.33. The summed E-state index contributed by atoms with van der Waals surface area (Å²) in [5.41, 5.74) is 9.40. The molecule has 0 saturated carbocycles. The predicted octanol–water partition coefficient (Wildman–Crippen LogP) is 10.5. The molecule has 0 N–H and O–H groups in total. The Morgan fingerprint density at radius 1 is 0.348 bits per heavy atom. The van der Waals surface area contributed by atoms with Gasteiger partial charge in [0.2, 0.25) is 0 Å². The first-order valence-corrected chi connectivity index (χ1v) is 15.4. The van der Waals surface area contributed by atoms with E-state index < -0.39 is 0 Å². The van der Waals surface area contributed by atoms with Crippen LogP contribution in [0, 0.1) is 0 Å². The van der Waals surface area contributed by atoms with Gasteiger partial charge in [-0.25, -0.2) is 19.9 Å². The first-order valence-electron chi connectivity index (χ1n) is 15.4. The van der Waals surface area contributed by atoms with Crippen molar-refractivity contribution in [3.05, 3.63) is 158 Å². The van der Waals surface area contributed by atoms with Crippen LogP contribution in [0.1, 0.15) is 0 Å². The first-order chi connectivity index (χ1) is 22.8. The van der Waals surface area contributed by atoms with Crippen molar-refractivity contribution < 1.29 is 0 Å². The van der Waals surface area contributed by atoms with E-state index in [-0.39, 0.29) is 0 Å². The maximum atomic E-state index is 5.33. The number of nitrogens with zero attached hydrogens (tertiary/aromatic N) is 4. The predicted molar refractivity (Wildman–Crippen MR) is 189 cm³/mol. The van der Waals surface area contributed by atoms with Gasteiger partial charge in [0.15, 0.2) is 5.82 Å². The zero-order chi connectivity index (χ0) is 30.5. The highest BCUT2D eigenvalue weighted by molar-refractivity contribution is 6.05. The second-order valence-electron chi connectivity index (χ2n) is 11.5. The molecule has 3 heterocycles. The highest BCUT2D eigenvalue weighted by Crippen LogP contribution is 2.37. The van der Waals surface area contributed by atoms with Gasteiger partial charge in [0.05, 0.1) is 33.6 Å². The Kier molecular flexibility index (Phi) is 6.10. The van der Waals surface area contributed by atoms with Gasteiger partial charge in [-0.15, -0.1) is 0 Å². The molecule has 0 unspecified atom stereocenters. The number of hydrogen-bond acceptors (Lipinski definition) is 4. The lowest BCUT2D eigenvalue weighted by molar-refractivity contribution is 1.23. The monoisotopic (exact) mass is 586 g/mol. The molecule has 0 radical (unpaired) electrons. The van der Waals surface area contributed by atoms with Crippen LogP contribution < -0.4 is 0 Å². The largest absolute Gasteiger partial charge is 0.245 e.